The largest absolute Gasteiger partial charge is 0.491 e. The number of carboxylic acids is 1. The van der Waals surface area contributed by atoms with Crippen LogP contribution in [-0.2, 0) is 25.4 Å². The minimum absolute atomic E-state index is 0.444. The summed E-state index contributed by atoms with van der Waals surface area (Å²) in [6.07, 6.45) is 0.448. The molecule has 0 aromatic heterocycles. The molecular formula is C25H44N4O6. The average molecular weight is 497 g/mol. The minimum Gasteiger partial charge on any atom is -0.491 e. The Labute approximate surface area is 209 Å². The van der Waals surface area contributed by atoms with Crippen molar-refractivity contribution >= 4 is 5.97 Å². The Balaban J connectivity index is 1.72. The van der Waals surface area contributed by atoms with E-state index in [1.165, 1.54) is 0 Å². The fourth-order valence-electron chi connectivity index (χ4n) is 3.72. The number of nitrogens with zero attached hydrogens (tertiary/aromatic N) is 1. The van der Waals surface area contributed by atoms with Crippen LogP contribution < -0.4 is 20.7 Å². The standard InChI is InChI=1S/C25H44N4O6/c1-2-32-15-16-33-17-18-34-19-20-35-23-5-3-22(4-6-23)21-24(25(30)31)29-13-11-27-9-7-26-8-10-28-12-14-29/h3-6,24,26-28H,2,7-21H2,1H3,(H,30,31). The van der Waals surface area contributed by atoms with Gasteiger partial charge in [-0.25, -0.2) is 0 Å². The zero-order valence-corrected chi connectivity index (χ0v) is 21.1. The van der Waals surface area contributed by atoms with Gasteiger partial charge in [-0.2, -0.15) is 0 Å². The number of rotatable bonds is 15. The summed E-state index contributed by atoms with van der Waals surface area (Å²) in [7, 11) is 0. The number of hydrogen-bond donors (Lipinski definition) is 4. The molecule has 1 saturated heterocycles. The Kier molecular flexibility index (Phi) is 16.3. The zero-order valence-electron chi connectivity index (χ0n) is 21.1. The van der Waals surface area contributed by atoms with E-state index in [1.54, 1.807) is 0 Å². The summed E-state index contributed by atoms with van der Waals surface area (Å²) < 4.78 is 21.8. The summed E-state index contributed by atoms with van der Waals surface area (Å²) >= 11 is 0. The highest BCUT2D eigenvalue weighted by Crippen LogP contribution is 2.15. The lowest BCUT2D eigenvalue weighted by Gasteiger charge is -2.29. The molecule has 35 heavy (non-hydrogen) atoms. The molecule has 1 fully saturated rings. The van der Waals surface area contributed by atoms with Gasteiger partial charge in [0, 0.05) is 59.0 Å². The van der Waals surface area contributed by atoms with Crippen molar-refractivity contribution in [1.29, 1.82) is 0 Å². The van der Waals surface area contributed by atoms with Gasteiger partial charge in [0.05, 0.1) is 33.0 Å². The quantitative estimate of drug-likeness (QED) is 0.251. The third kappa shape index (κ3) is 13.8. The predicted octanol–water partition coefficient (Wildman–Crippen LogP) is 0.215. The third-order valence-corrected chi connectivity index (χ3v) is 5.63. The van der Waals surface area contributed by atoms with E-state index in [4.69, 9.17) is 18.9 Å². The van der Waals surface area contributed by atoms with Gasteiger partial charge in [0.2, 0.25) is 0 Å². The molecule has 4 N–H and O–H groups in total. The molecule has 10 heteroatoms. The monoisotopic (exact) mass is 496 g/mol. The number of nitrogens with one attached hydrogen (secondary N) is 3. The maximum atomic E-state index is 12.1. The normalized spacial score (nSPS) is 17.3. The predicted molar refractivity (Wildman–Crippen MR) is 135 cm³/mol. The highest BCUT2D eigenvalue weighted by Gasteiger charge is 2.25. The molecule has 1 aromatic carbocycles. The fourth-order valence-corrected chi connectivity index (χ4v) is 3.72. The molecule has 1 unspecified atom stereocenters. The number of benzene rings is 1. The topological polar surface area (TPSA) is 114 Å². The van der Waals surface area contributed by atoms with Crippen molar-refractivity contribution in [2.75, 3.05) is 98.6 Å². The number of carboxylic acid groups (broad SMARTS) is 1. The van der Waals surface area contributed by atoms with Crippen molar-refractivity contribution in [2.45, 2.75) is 19.4 Å². The second-order valence-electron chi connectivity index (χ2n) is 8.26. The maximum absolute atomic E-state index is 12.1. The zero-order chi connectivity index (χ0) is 25.0. The van der Waals surface area contributed by atoms with Crippen LogP contribution in [0.25, 0.3) is 0 Å². The molecule has 0 amide bonds. The third-order valence-electron chi connectivity index (χ3n) is 5.63. The van der Waals surface area contributed by atoms with E-state index < -0.39 is 12.0 Å². The fraction of sp³-hybridized carbons (Fsp3) is 0.720. The molecule has 1 aliphatic heterocycles. The number of aliphatic carboxylic acids is 1. The molecule has 0 aliphatic carbocycles. The number of carbonyl (C=O) groups is 1. The molecule has 0 bridgehead atoms. The Morgan fingerprint density at radius 2 is 1.34 bits per heavy atom. The van der Waals surface area contributed by atoms with Gasteiger partial charge < -0.3 is 40.0 Å². The summed E-state index contributed by atoms with van der Waals surface area (Å²) in [6.45, 7) is 12.3. The van der Waals surface area contributed by atoms with Crippen LogP contribution in [0.4, 0.5) is 0 Å². The highest BCUT2D eigenvalue weighted by atomic mass is 16.6. The van der Waals surface area contributed by atoms with Gasteiger partial charge in [-0.1, -0.05) is 12.1 Å². The summed E-state index contributed by atoms with van der Waals surface area (Å²) in [4.78, 5) is 14.2. The van der Waals surface area contributed by atoms with Crippen molar-refractivity contribution in [1.82, 2.24) is 20.9 Å². The Bertz CT molecular complexity index is 652. The lowest BCUT2D eigenvalue weighted by Crippen LogP contribution is -2.49. The summed E-state index contributed by atoms with van der Waals surface area (Å²) in [5, 5.41) is 20.1. The smallest absolute Gasteiger partial charge is 0.321 e. The first-order valence-electron chi connectivity index (χ1n) is 12.7. The van der Waals surface area contributed by atoms with E-state index in [0.29, 0.717) is 65.8 Å². The van der Waals surface area contributed by atoms with Gasteiger partial charge in [-0.05, 0) is 31.0 Å². The second kappa shape index (κ2) is 19.4. The lowest BCUT2D eigenvalue weighted by molar-refractivity contribution is -0.143. The highest BCUT2D eigenvalue weighted by molar-refractivity contribution is 5.74. The van der Waals surface area contributed by atoms with Crippen LogP contribution in [0.3, 0.4) is 0 Å². The Hall–Kier alpha value is -1.79. The molecule has 1 heterocycles. The van der Waals surface area contributed by atoms with Crippen molar-refractivity contribution in [3.63, 3.8) is 0 Å². The van der Waals surface area contributed by atoms with Gasteiger partial charge in [-0.3, -0.25) is 9.69 Å². The van der Waals surface area contributed by atoms with Crippen LogP contribution in [0.5, 0.6) is 5.75 Å². The Morgan fingerprint density at radius 3 is 1.89 bits per heavy atom. The molecular weight excluding hydrogens is 452 g/mol. The Morgan fingerprint density at radius 1 is 0.829 bits per heavy atom. The molecule has 200 valence electrons. The molecule has 2 rings (SSSR count). The number of ether oxygens (including phenoxy) is 4. The maximum Gasteiger partial charge on any atom is 0.321 e. The SMILES string of the molecule is CCOCCOCCOCCOc1ccc(CC(C(=O)O)N2CCNCCNCCNCC2)cc1. The van der Waals surface area contributed by atoms with Crippen molar-refractivity contribution in [3.8, 4) is 5.75 Å². The van der Waals surface area contributed by atoms with Crippen LogP contribution in [0.2, 0.25) is 0 Å². The van der Waals surface area contributed by atoms with Gasteiger partial charge in [0.25, 0.3) is 0 Å². The number of hydrogen-bond acceptors (Lipinski definition) is 9. The molecule has 1 aliphatic rings. The van der Waals surface area contributed by atoms with Crippen LogP contribution >= 0.6 is 0 Å². The minimum atomic E-state index is -0.793. The van der Waals surface area contributed by atoms with Gasteiger partial charge in [0.15, 0.2) is 0 Å². The van der Waals surface area contributed by atoms with Crippen LogP contribution in [-0.4, -0.2) is 121 Å². The molecule has 0 radical (unpaired) electrons. The van der Waals surface area contributed by atoms with Crippen molar-refractivity contribution < 1.29 is 28.8 Å². The van der Waals surface area contributed by atoms with Crippen molar-refractivity contribution in [2.24, 2.45) is 0 Å². The van der Waals surface area contributed by atoms with Gasteiger partial charge in [-0.15, -0.1) is 0 Å². The first-order chi connectivity index (χ1) is 17.2. The first-order valence-corrected chi connectivity index (χ1v) is 12.7. The van der Waals surface area contributed by atoms with Crippen LogP contribution in [0.15, 0.2) is 24.3 Å². The van der Waals surface area contributed by atoms with E-state index in [0.717, 1.165) is 50.6 Å². The summed E-state index contributed by atoms with van der Waals surface area (Å²) in [5.74, 6) is -0.0522. The molecule has 0 spiro atoms. The van der Waals surface area contributed by atoms with E-state index in [9.17, 15) is 9.90 Å². The van der Waals surface area contributed by atoms with Gasteiger partial charge in [0.1, 0.15) is 18.4 Å². The van der Waals surface area contributed by atoms with Crippen molar-refractivity contribution in [3.05, 3.63) is 29.8 Å². The molecule has 0 saturated carbocycles. The summed E-state index contributed by atoms with van der Waals surface area (Å²) in [5.41, 5.74) is 0.974. The summed E-state index contributed by atoms with van der Waals surface area (Å²) in [6, 6.07) is 7.08. The first kappa shape index (κ1) is 29.4. The molecule has 1 atom stereocenters. The lowest BCUT2D eigenvalue weighted by atomic mass is 10.0. The average Bonchev–Trinajstić information content (AvgIpc) is 2.85. The second-order valence-corrected chi connectivity index (χ2v) is 8.26. The molecule has 1 aromatic rings. The van der Waals surface area contributed by atoms with E-state index >= 15 is 0 Å². The van der Waals surface area contributed by atoms with E-state index in [-0.39, 0.29) is 0 Å². The van der Waals surface area contributed by atoms with Crippen LogP contribution in [0.1, 0.15) is 12.5 Å². The van der Waals surface area contributed by atoms with E-state index in [2.05, 4.69) is 20.9 Å². The van der Waals surface area contributed by atoms with Gasteiger partial charge >= 0.3 is 5.97 Å². The molecule has 10 nitrogen and oxygen atoms in total. The van der Waals surface area contributed by atoms with Crippen LogP contribution in [0, 0.1) is 0 Å². The van der Waals surface area contributed by atoms with E-state index in [1.807, 2.05) is 31.2 Å².